The van der Waals surface area contributed by atoms with E-state index in [9.17, 15) is 4.79 Å². The normalized spacial score (nSPS) is 11.7. The molecule has 1 aromatic rings. The highest BCUT2D eigenvalue weighted by Gasteiger charge is 2.17. The first-order valence-electron chi connectivity index (χ1n) is 5.76. The van der Waals surface area contributed by atoms with Gasteiger partial charge in [0.05, 0.1) is 13.1 Å². The van der Waals surface area contributed by atoms with Crippen molar-refractivity contribution in [1.82, 2.24) is 19.7 Å². The van der Waals surface area contributed by atoms with Crippen LogP contribution in [-0.4, -0.2) is 43.3 Å². The van der Waals surface area contributed by atoms with Gasteiger partial charge in [0.25, 0.3) is 0 Å². The largest absolute Gasteiger partial charge is 0.480 e. The molecule has 0 unspecified atom stereocenters. The van der Waals surface area contributed by atoms with Crippen molar-refractivity contribution in [2.75, 3.05) is 6.54 Å². The Balaban J connectivity index is 2.78. The fourth-order valence-electron chi connectivity index (χ4n) is 1.59. The van der Waals surface area contributed by atoms with Gasteiger partial charge in [-0.2, -0.15) is 5.10 Å². The van der Waals surface area contributed by atoms with Gasteiger partial charge in [-0.15, -0.1) is 0 Å². The van der Waals surface area contributed by atoms with E-state index in [2.05, 4.69) is 10.1 Å². The molecule has 1 aromatic heterocycles. The topological polar surface area (TPSA) is 71.2 Å². The molecule has 1 N–H and O–H groups in total. The van der Waals surface area contributed by atoms with E-state index in [4.69, 9.17) is 5.11 Å². The summed E-state index contributed by atoms with van der Waals surface area (Å²) in [7, 11) is 0. The lowest BCUT2D eigenvalue weighted by Crippen LogP contribution is -2.36. The molecule has 0 spiro atoms. The van der Waals surface area contributed by atoms with Crippen molar-refractivity contribution in [3.8, 4) is 0 Å². The van der Waals surface area contributed by atoms with E-state index in [1.807, 2.05) is 37.3 Å². The van der Waals surface area contributed by atoms with E-state index in [1.165, 1.54) is 6.33 Å². The van der Waals surface area contributed by atoms with Gasteiger partial charge < -0.3 is 5.11 Å². The molecule has 0 aliphatic heterocycles. The van der Waals surface area contributed by atoms with Gasteiger partial charge in [0, 0.05) is 12.1 Å². The summed E-state index contributed by atoms with van der Waals surface area (Å²) in [5.74, 6) is -0.0238. The number of carbonyl (C=O) groups is 1. The molecule has 96 valence electrons. The van der Waals surface area contributed by atoms with Gasteiger partial charge in [0.2, 0.25) is 0 Å². The molecule has 0 fully saturated rings. The smallest absolute Gasteiger partial charge is 0.317 e. The summed E-state index contributed by atoms with van der Waals surface area (Å²) >= 11 is 0. The molecule has 0 saturated heterocycles. The SMILES string of the molecule is CC(C)N(CC(=O)O)Cc1ncnn1C(C)C. The fourth-order valence-corrected chi connectivity index (χ4v) is 1.59. The maximum Gasteiger partial charge on any atom is 0.317 e. The zero-order valence-electron chi connectivity index (χ0n) is 10.8. The Morgan fingerprint density at radius 2 is 2.12 bits per heavy atom. The molecule has 0 aromatic carbocycles. The average molecular weight is 240 g/mol. The first kappa shape index (κ1) is 13.6. The van der Waals surface area contributed by atoms with Crippen LogP contribution in [0.2, 0.25) is 0 Å². The molecule has 0 saturated carbocycles. The average Bonchev–Trinajstić information content (AvgIpc) is 2.63. The van der Waals surface area contributed by atoms with Crippen LogP contribution in [0.1, 0.15) is 39.6 Å². The van der Waals surface area contributed by atoms with E-state index in [-0.39, 0.29) is 18.6 Å². The minimum atomic E-state index is -0.825. The summed E-state index contributed by atoms with van der Waals surface area (Å²) in [6.45, 7) is 8.51. The minimum absolute atomic E-state index is 0.0165. The molecule has 0 aliphatic rings. The third-order valence-electron chi connectivity index (χ3n) is 2.55. The van der Waals surface area contributed by atoms with Crippen molar-refractivity contribution in [1.29, 1.82) is 0 Å². The molecule has 17 heavy (non-hydrogen) atoms. The summed E-state index contributed by atoms with van der Waals surface area (Å²) in [6, 6.07) is 0.384. The van der Waals surface area contributed by atoms with Crippen LogP contribution in [0.25, 0.3) is 0 Å². The van der Waals surface area contributed by atoms with Crippen LogP contribution in [-0.2, 0) is 11.3 Å². The van der Waals surface area contributed by atoms with Gasteiger partial charge in [-0.3, -0.25) is 9.69 Å². The minimum Gasteiger partial charge on any atom is -0.480 e. The maximum atomic E-state index is 10.8. The van der Waals surface area contributed by atoms with Crippen LogP contribution in [0.3, 0.4) is 0 Å². The number of aromatic nitrogens is 3. The predicted octanol–water partition coefficient (Wildman–Crippen LogP) is 1.15. The monoisotopic (exact) mass is 240 g/mol. The predicted molar refractivity (Wildman–Crippen MR) is 63.6 cm³/mol. The number of carboxylic acid groups (broad SMARTS) is 1. The lowest BCUT2D eigenvalue weighted by molar-refractivity contribution is -0.139. The zero-order chi connectivity index (χ0) is 13.0. The Morgan fingerprint density at radius 3 is 2.59 bits per heavy atom. The standard InChI is InChI=1S/C11H20N4O2/c1-8(2)14(6-11(16)17)5-10-12-7-13-15(10)9(3)4/h7-9H,5-6H2,1-4H3,(H,16,17). The van der Waals surface area contributed by atoms with Crippen molar-refractivity contribution < 1.29 is 9.90 Å². The fraction of sp³-hybridized carbons (Fsp3) is 0.727. The van der Waals surface area contributed by atoms with Crippen LogP contribution in [0, 0.1) is 0 Å². The highest BCUT2D eigenvalue weighted by atomic mass is 16.4. The molecule has 0 amide bonds. The number of aliphatic carboxylic acids is 1. The van der Waals surface area contributed by atoms with Gasteiger partial charge in [0.15, 0.2) is 0 Å². The molecule has 6 heteroatoms. The van der Waals surface area contributed by atoms with E-state index < -0.39 is 5.97 Å². The summed E-state index contributed by atoms with van der Waals surface area (Å²) < 4.78 is 1.82. The van der Waals surface area contributed by atoms with Crippen LogP contribution in [0.15, 0.2) is 6.33 Å². The highest BCUT2D eigenvalue weighted by molar-refractivity contribution is 5.69. The summed E-state index contributed by atoms with van der Waals surface area (Å²) in [5, 5.41) is 13.0. The zero-order valence-corrected chi connectivity index (χ0v) is 10.8. The van der Waals surface area contributed by atoms with Gasteiger partial charge in [0.1, 0.15) is 12.2 Å². The van der Waals surface area contributed by atoms with Crippen molar-refractivity contribution in [2.45, 2.75) is 46.3 Å². The van der Waals surface area contributed by atoms with Gasteiger partial charge in [-0.05, 0) is 27.7 Å². The van der Waals surface area contributed by atoms with Crippen molar-refractivity contribution in [3.63, 3.8) is 0 Å². The number of nitrogens with zero attached hydrogens (tertiary/aromatic N) is 4. The lowest BCUT2D eigenvalue weighted by Gasteiger charge is -2.24. The number of rotatable bonds is 6. The molecule has 0 atom stereocenters. The molecular weight excluding hydrogens is 220 g/mol. The summed E-state index contributed by atoms with van der Waals surface area (Å²) in [6.07, 6.45) is 1.51. The molecule has 0 radical (unpaired) electrons. The Hall–Kier alpha value is -1.43. The van der Waals surface area contributed by atoms with Gasteiger partial charge >= 0.3 is 5.97 Å². The Kier molecular flexibility index (Phi) is 4.62. The first-order chi connectivity index (χ1) is 7.91. The Labute approximate surface area is 101 Å². The van der Waals surface area contributed by atoms with Crippen molar-refractivity contribution in [2.24, 2.45) is 0 Å². The Bertz CT molecular complexity index is 373. The number of hydrogen-bond acceptors (Lipinski definition) is 4. The number of hydrogen-bond donors (Lipinski definition) is 1. The molecular formula is C11H20N4O2. The lowest BCUT2D eigenvalue weighted by atomic mass is 10.3. The van der Waals surface area contributed by atoms with Crippen LogP contribution in [0.5, 0.6) is 0 Å². The van der Waals surface area contributed by atoms with Crippen LogP contribution >= 0.6 is 0 Å². The first-order valence-corrected chi connectivity index (χ1v) is 5.76. The molecule has 1 rings (SSSR count). The maximum absolute atomic E-state index is 10.8. The van der Waals surface area contributed by atoms with Gasteiger partial charge in [-0.25, -0.2) is 9.67 Å². The second kappa shape index (κ2) is 5.77. The second-order valence-electron chi connectivity index (χ2n) is 4.61. The quantitative estimate of drug-likeness (QED) is 0.807. The highest BCUT2D eigenvalue weighted by Crippen LogP contribution is 2.10. The summed E-state index contributed by atoms with van der Waals surface area (Å²) in [5.41, 5.74) is 0. The third-order valence-corrected chi connectivity index (χ3v) is 2.55. The van der Waals surface area contributed by atoms with Crippen LogP contribution < -0.4 is 0 Å². The van der Waals surface area contributed by atoms with Crippen LogP contribution in [0.4, 0.5) is 0 Å². The van der Waals surface area contributed by atoms with Crippen molar-refractivity contribution >= 4 is 5.97 Å². The second-order valence-corrected chi connectivity index (χ2v) is 4.61. The number of carboxylic acids is 1. The van der Waals surface area contributed by atoms with E-state index in [1.54, 1.807) is 0 Å². The van der Waals surface area contributed by atoms with E-state index >= 15 is 0 Å². The third kappa shape index (κ3) is 3.81. The summed E-state index contributed by atoms with van der Waals surface area (Å²) in [4.78, 5) is 16.8. The van der Waals surface area contributed by atoms with E-state index in [0.29, 0.717) is 6.54 Å². The molecule has 0 aliphatic carbocycles. The Morgan fingerprint density at radius 1 is 1.47 bits per heavy atom. The molecule has 1 heterocycles. The molecule has 0 bridgehead atoms. The molecule has 6 nitrogen and oxygen atoms in total. The van der Waals surface area contributed by atoms with Crippen molar-refractivity contribution in [3.05, 3.63) is 12.2 Å². The van der Waals surface area contributed by atoms with Gasteiger partial charge in [-0.1, -0.05) is 0 Å². The van der Waals surface area contributed by atoms with E-state index in [0.717, 1.165) is 5.82 Å².